The standard InChI is InChI=1S/C26H23Cl2F3N2O2/c27-22-7-8-24(23(28)15-22)35-17-19-4-1-5-20(13-19)25(34)33-11-9-32(10-12-33)16-18-3-2-6-21(14-18)26(29,30)31/h1-8,13-15H,9-12,16-17H2. The highest BCUT2D eigenvalue weighted by molar-refractivity contribution is 6.35. The highest BCUT2D eigenvalue weighted by atomic mass is 35.5. The number of halogens is 5. The fourth-order valence-electron chi connectivity index (χ4n) is 3.94. The summed E-state index contributed by atoms with van der Waals surface area (Å²) in [5.41, 5.74) is 1.34. The zero-order chi connectivity index (χ0) is 25.0. The normalized spacial score (nSPS) is 14.7. The maximum absolute atomic E-state index is 13.0. The van der Waals surface area contributed by atoms with Gasteiger partial charge in [-0.05, 0) is 47.5 Å². The van der Waals surface area contributed by atoms with Crippen LogP contribution in [0, 0.1) is 0 Å². The van der Waals surface area contributed by atoms with Crippen LogP contribution in [0.5, 0.6) is 5.75 Å². The second-order valence-corrected chi connectivity index (χ2v) is 9.17. The lowest BCUT2D eigenvalue weighted by atomic mass is 10.1. The van der Waals surface area contributed by atoms with E-state index in [4.69, 9.17) is 27.9 Å². The molecule has 4 nitrogen and oxygen atoms in total. The van der Waals surface area contributed by atoms with E-state index in [0.29, 0.717) is 59.6 Å². The van der Waals surface area contributed by atoms with E-state index in [-0.39, 0.29) is 12.5 Å². The maximum Gasteiger partial charge on any atom is 0.416 e. The monoisotopic (exact) mass is 522 g/mol. The fourth-order valence-corrected chi connectivity index (χ4v) is 4.41. The van der Waals surface area contributed by atoms with E-state index in [1.54, 1.807) is 47.4 Å². The van der Waals surface area contributed by atoms with Gasteiger partial charge in [0.15, 0.2) is 0 Å². The van der Waals surface area contributed by atoms with Crippen molar-refractivity contribution in [2.75, 3.05) is 26.2 Å². The molecule has 0 aliphatic carbocycles. The van der Waals surface area contributed by atoms with E-state index >= 15 is 0 Å². The minimum Gasteiger partial charge on any atom is -0.487 e. The Balaban J connectivity index is 1.32. The lowest BCUT2D eigenvalue weighted by Crippen LogP contribution is -2.48. The molecule has 0 radical (unpaired) electrons. The van der Waals surface area contributed by atoms with Crippen LogP contribution in [-0.2, 0) is 19.3 Å². The Hall–Kier alpha value is -2.74. The Morgan fingerprint density at radius 2 is 1.60 bits per heavy atom. The Morgan fingerprint density at radius 1 is 0.886 bits per heavy atom. The molecule has 9 heteroatoms. The van der Waals surface area contributed by atoms with Crippen molar-refractivity contribution in [3.63, 3.8) is 0 Å². The fraction of sp³-hybridized carbons (Fsp3) is 0.269. The third-order valence-corrected chi connectivity index (χ3v) is 6.31. The Bertz CT molecular complexity index is 1200. The third-order valence-electron chi connectivity index (χ3n) is 5.78. The molecule has 1 aliphatic rings. The summed E-state index contributed by atoms with van der Waals surface area (Å²) in [6, 6.07) is 17.6. The van der Waals surface area contributed by atoms with Gasteiger partial charge >= 0.3 is 6.18 Å². The van der Waals surface area contributed by atoms with Crippen molar-refractivity contribution in [1.82, 2.24) is 9.80 Å². The van der Waals surface area contributed by atoms with Crippen molar-refractivity contribution in [2.45, 2.75) is 19.3 Å². The smallest absolute Gasteiger partial charge is 0.416 e. The molecule has 0 aromatic heterocycles. The summed E-state index contributed by atoms with van der Waals surface area (Å²) in [6.07, 6.45) is -4.36. The number of alkyl halides is 3. The van der Waals surface area contributed by atoms with Crippen LogP contribution in [0.2, 0.25) is 10.0 Å². The minimum atomic E-state index is -4.36. The van der Waals surface area contributed by atoms with Crippen LogP contribution < -0.4 is 4.74 Å². The quantitative estimate of drug-likeness (QED) is 0.368. The van der Waals surface area contributed by atoms with Gasteiger partial charge in [-0.15, -0.1) is 0 Å². The molecule has 0 N–H and O–H groups in total. The molecular formula is C26H23Cl2F3N2O2. The van der Waals surface area contributed by atoms with Crippen molar-refractivity contribution in [3.05, 3.63) is 99.0 Å². The topological polar surface area (TPSA) is 32.8 Å². The van der Waals surface area contributed by atoms with E-state index < -0.39 is 11.7 Å². The number of nitrogens with zero attached hydrogens (tertiary/aromatic N) is 2. The van der Waals surface area contributed by atoms with Crippen LogP contribution in [0.1, 0.15) is 27.0 Å². The SMILES string of the molecule is O=C(c1cccc(COc2ccc(Cl)cc2Cl)c1)N1CCN(Cc2cccc(C(F)(F)F)c2)CC1. The molecule has 1 amide bonds. The molecule has 1 saturated heterocycles. The molecule has 3 aromatic rings. The lowest BCUT2D eigenvalue weighted by Gasteiger charge is -2.35. The molecule has 0 bridgehead atoms. The summed E-state index contributed by atoms with van der Waals surface area (Å²) >= 11 is 12.1. The zero-order valence-corrected chi connectivity index (χ0v) is 20.2. The van der Waals surface area contributed by atoms with Crippen molar-refractivity contribution >= 4 is 29.1 Å². The Kier molecular flexibility index (Phi) is 7.89. The second-order valence-electron chi connectivity index (χ2n) is 8.33. The first-order valence-electron chi connectivity index (χ1n) is 11.0. The summed E-state index contributed by atoms with van der Waals surface area (Å²) in [7, 11) is 0. The molecule has 0 unspecified atom stereocenters. The van der Waals surface area contributed by atoms with Crippen molar-refractivity contribution in [1.29, 1.82) is 0 Å². The molecule has 4 rings (SSSR count). The highest BCUT2D eigenvalue weighted by Gasteiger charge is 2.30. The van der Waals surface area contributed by atoms with Gasteiger partial charge in [0.05, 0.1) is 10.6 Å². The first kappa shape index (κ1) is 25.4. The number of piperazine rings is 1. The minimum absolute atomic E-state index is 0.0879. The van der Waals surface area contributed by atoms with Crippen LogP contribution in [-0.4, -0.2) is 41.9 Å². The number of carbonyl (C=O) groups is 1. The van der Waals surface area contributed by atoms with Crippen LogP contribution in [0.3, 0.4) is 0 Å². The zero-order valence-electron chi connectivity index (χ0n) is 18.7. The van der Waals surface area contributed by atoms with Gasteiger partial charge in [0, 0.05) is 43.3 Å². The molecular weight excluding hydrogens is 500 g/mol. The van der Waals surface area contributed by atoms with Gasteiger partial charge < -0.3 is 9.64 Å². The summed E-state index contributed by atoms with van der Waals surface area (Å²) in [5, 5.41) is 0.928. The molecule has 0 atom stereocenters. The molecule has 1 fully saturated rings. The predicted molar refractivity (Wildman–Crippen MR) is 130 cm³/mol. The van der Waals surface area contributed by atoms with Gasteiger partial charge in [-0.1, -0.05) is 53.5 Å². The number of hydrogen-bond acceptors (Lipinski definition) is 3. The first-order chi connectivity index (χ1) is 16.7. The van der Waals surface area contributed by atoms with Crippen molar-refractivity contribution in [2.24, 2.45) is 0 Å². The van der Waals surface area contributed by atoms with Crippen molar-refractivity contribution in [3.8, 4) is 5.75 Å². The molecule has 3 aromatic carbocycles. The molecule has 0 saturated carbocycles. The lowest BCUT2D eigenvalue weighted by molar-refractivity contribution is -0.137. The molecule has 35 heavy (non-hydrogen) atoms. The second kappa shape index (κ2) is 10.9. The Labute approximate surface area is 211 Å². The van der Waals surface area contributed by atoms with Gasteiger partial charge in [0.1, 0.15) is 12.4 Å². The largest absolute Gasteiger partial charge is 0.487 e. The van der Waals surface area contributed by atoms with Gasteiger partial charge in [0.25, 0.3) is 5.91 Å². The van der Waals surface area contributed by atoms with E-state index in [9.17, 15) is 18.0 Å². The average Bonchev–Trinajstić information content (AvgIpc) is 2.83. The third kappa shape index (κ3) is 6.69. The van der Waals surface area contributed by atoms with Gasteiger partial charge in [0.2, 0.25) is 0 Å². The highest BCUT2D eigenvalue weighted by Crippen LogP contribution is 2.30. The molecule has 184 valence electrons. The van der Waals surface area contributed by atoms with E-state index in [0.717, 1.165) is 11.6 Å². The summed E-state index contributed by atoms with van der Waals surface area (Å²) in [6.45, 7) is 2.82. The summed E-state index contributed by atoms with van der Waals surface area (Å²) < 4.78 is 44.7. The van der Waals surface area contributed by atoms with Crippen LogP contribution >= 0.6 is 23.2 Å². The number of benzene rings is 3. The van der Waals surface area contributed by atoms with Crippen LogP contribution in [0.15, 0.2) is 66.7 Å². The number of amides is 1. The average molecular weight is 523 g/mol. The Morgan fingerprint density at radius 3 is 2.31 bits per heavy atom. The van der Waals surface area contributed by atoms with Gasteiger partial charge in [-0.3, -0.25) is 9.69 Å². The summed E-state index contributed by atoms with van der Waals surface area (Å²) in [4.78, 5) is 16.9. The van der Waals surface area contributed by atoms with E-state index in [2.05, 4.69) is 4.90 Å². The number of carbonyl (C=O) groups excluding carboxylic acids is 1. The van der Waals surface area contributed by atoms with Gasteiger partial charge in [-0.2, -0.15) is 13.2 Å². The van der Waals surface area contributed by atoms with Crippen molar-refractivity contribution < 1.29 is 22.7 Å². The van der Waals surface area contributed by atoms with E-state index in [1.165, 1.54) is 12.1 Å². The first-order valence-corrected chi connectivity index (χ1v) is 11.8. The number of ether oxygens (including phenoxy) is 1. The van der Waals surface area contributed by atoms with E-state index in [1.807, 2.05) is 6.07 Å². The summed E-state index contributed by atoms with van der Waals surface area (Å²) in [5.74, 6) is 0.416. The van der Waals surface area contributed by atoms with Gasteiger partial charge in [-0.25, -0.2) is 0 Å². The number of rotatable bonds is 6. The van der Waals surface area contributed by atoms with Crippen LogP contribution in [0.4, 0.5) is 13.2 Å². The maximum atomic E-state index is 13.0. The predicted octanol–water partition coefficient (Wildman–Crippen LogP) is 6.55. The number of hydrogen-bond donors (Lipinski definition) is 0. The molecule has 0 spiro atoms. The van der Waals surface area contributed by atoms with Crippen LogP contribution in [0.25, 0.3) is 0 Å². The molecule has 1 aliphatic heterocycles. The molecule has 1 heterocycles.